The third kappa shape index (κ3) is 3.18. The van der Waals surface area contributed by atoms with E-state index in [1.165, 1.54) is 11.3 Å². The molecule has 0 saturated carbocycles. The fourth-order valence-electron chi connectivity index (χ4n) is 1.97. The summed E-state index contributed by atoms with van der Waals surface area (Å²) in [6.45, 7) is 2.04. The Morgan fingerprint density at radius 3 is 2.57 bits per heavy atom. The summed E-state index contributed by atoms with van der Waals surface area (Å²) in [5.41, 5.74) is 2.88. The Morgan fingerprint density at radius 2 is 2.00 bits per heavy atom. The number of anilines is 1. The summed E-state index contributed by atoms with van der Waals surface area (Å²) in [6, 6.07) is 9.77. The van der Waals surface area contributed by atoms with Crippen LogP contribution in [0.4, 0.5) is 5.69 Å². The van der Waals surface area contributed by atoms with Crippen molar-refractivity contribution in [1.82, 2.24) is 20.2 Å². The molecule has 2 aromatic heterocycles. The van der Waals surface area contributed by atoms with Crippen LogP contribution in [0.2, 0.25) is 8.67 Å². The molecule has 108 valence electrons. The molecule has 0 amide bonds. The van der Waals surface area contributed by atoms with Crippen LogP contribution in [0.1, 0.15) is 18.5 Å². The third-order valence-electron chi connectivity index (χ3n) is 3.01. The maximum absolute atomic E-state index is 6.17. The summed E-state index contributed by atoms with van der Waals surface area (Å²) in [6.07, 6.45) is 1.55. The predicted octanol–water partition coefficient (Wildman–Crippen LogP) is 4.20. The number of hydrogen-bond acceptors (Lipinski definition) is 5. The van der Waals surface area contributed by atoms with Crippen LogP contribution in [0.25, 0.3) is 5.69 Å². The molecule has 0 spiro atoms. The van der Waals surface area contributed by atoms with Crippen LogP contribution >= 0.6 is 34.5 Å². The van der Waals surface area contributed by atoms with Crippen molar-refractivity contribution in [2.75, 3.05) is 5.32 Å². The van der Waals surface area contributed by atoms with Gasteiger partial charge in [-0.2, -0.15) is 0 Å². The van der Waals surface area contributed by atoms with Crippen molar-refractivity contribution in [2.24, 2.45) is 0 Å². The SMILES string of the molecule is CC(Nc1ccc(-n2cnnn2)cc1)c1cc(Cl)sc1Cl. The third-order valence-corrected chi connectivity index (χ3v) is 4.53. The van der Waals surface area contributed by atoms with Gasteiger partial charge in [-0.15, -0.1) is 16.4 Å². The number of benzene rings is 1. The summed E-state index contributed by atoms with van der Waals surface area (Å²) >= 11 is 13.5. The van der Waals surface area contributed by atoms with Crippen LogP contribution < -0.4 is 5.32 Å². The summed E-state index contributed by atoms with van der Waals surface area (Å²) in [5, 5.41) is 14.5. The van der Waals surface area contributed by atoms with Gasteiger partial charge in [0, 0.05) is 11.3 Å². The van der Waals surface area contributed by atoms with E-state index in [-0.39, 0.29) is 6.04 Å². The van der Waals surface area contributed by atoms with Crippen molar-refractivity contribution in [2.45, 2.75) is 13.0 Å². The molecule has 1 unspecified atom stereocenters. The molecule has 0 aliphatic carbocycles. The standard InChI is InChI=1S/C13H11Cl2N5S/c1-8(11-6-12(14)21-13(11)15)17-9-2-4-10(5-3-9)20-7-16-18-19-20/h2-8,17H,1H3. The van der Waals surface area contributed by atoms with Crippen molar-refractivity contribution < 1.29 is 0 Å². The molecule has 0 aliphatic rings. The van der Waals surface area contributed by atoms with Crippen LogP contribution in [-0.4, -0.2) is 20.2 Å². The second-order valence-electron chi connectivity index (χ2n) is 4.45. The van der Waals surface area contributed by atoms with Crippen LogP contribution in [0.3, 0.4) is 0 Å². The summed E-state index contributed by atoms with van der Waals surface area (Å²) in [5.74, 6) is 0. The summed E-state index contributed by atoms with van der Waals surface area (Å²) in [4.78, 5) is 0. The molecule has 0 bridgehead atoms. The number of halogens is 2. The molecular weight excluding hydrogens is 329 g/mol. The Bertz CT molecular complexity index is 724. The minimum Gasteiger partial charge on any atom is -0.378 e. The van der Waals surface area contributed by atoms with E-state index < -0.39 is 0 Å². The lowest BCUT2D eigenvalue weighted by atomic mass is 10.1. The van der Waals surface area contributed by atoms with E-state index in [2.05, 4.69) is 20.8 Å². The van der Waals surface area contributed by atoms with E-state index in [9.17, 15) is 0 Å². The van der Waals surface area contributed by atoms with Crippen molar-refractivity contribution in [1.29, 1.82) is 0 Å². The van der Waals surface area contributed by atoms with Gasteiger partial charge < -0.3 is 5.32 Å². The van der Waals surface area contributed by atoms with E-state index in [0.29, 0.717) is 8.67 Å². The van der Waals surface area contributed by atoms with Crippen LogP contribution in [0.5, 0.6) is 0 Å². The Kier molecular flexibility index (Phi) is 4.10. The van der Waals surface area contributed by atoms with Gasteiger partial charge in [0.25, 0.3) is 0 Å². The average Bonchev–Trinajstić information content (AvgIpc) is 3.09. The number of hydrogen-bond donors (Lipinski definition) is 1. The lowest BCUT2D eigenvalue weighted by Gasteiger charge is -2.15. The van der Waals surface area contributed by atoms with E-state index in [1.807, 2.05) is 37.3 Å². The maximum atomic E-state index is 6.17. The van der Waals surface area contributed by atoms with Gasteiger partial charge in [-0.05, 0) is 47.7 Å². The fraction of sp³-hybridized carbons (Fsp3) is 0.154. The average molecular weight is 340 g/mol. The lowest BCUT2D eigenvalue weighted by molar-refractivity contribution is 0.789. The first-order valence-corrected chi connectivity index (χ1v) is 7.75. The zero-order valence-corrected chi connectivity index (χ0v) is 13.3. The first-order valence-electron chi connectivity index (χ1n) is 6.18. The van der Waals surface area contributed by atoms with Gasteiger partial charge in [-0.25, -0.2) is 4.68 Å². The van der Waals surface area contributed by atoms with E-state index in [1.54, 1.807) is 11.0 Å². The van der Waals surface area contributed by atoms with Crippen molar-refractivity contribution in [3.8, 4) is 5.69 Å². The minimum absolute atomic E-state index is 0.0696. The highest BCUT2D eigenvalue weighted by atomic mass is 35.5. The van der Waals surface area contributed by atoms with Crippen molar-refractivity contribution in [3.05, 3.63) is 50.9 Å². The van der Waals surface area contributed by atoms with Crippen LogP contribution in [0.15, 0.2) is 36.7 Å². The Balaban J connectivity index is 1.74. The number of thiophene rings is 1. The molecule has 3 aromatic rings. The quantitative estimate of drug-likeness (QED) is 0.773. The number of aromatic nitrogens is 4. The molecule has 0 fully saturated rings. The molecule has 1 N–H and O–H groups in total. The first-order chi connectivity index (χ1) is 10.1. The van der Waals surface area contributed by atoms with Gasteiger partial charge >= 0.3 is 0 Å². The number of rotatable bonds is 4. The Morgan fingerprint density at radius 1 is 1.24 bits per heavy atom. The first kappa shape index (κ1) is 14.3. The van der Waals surface area contributed by atoms with Gasteiger partial charge in [0.2, 0.25) is 0 Å². The topological polar surface area (TPSA) is 55.6 Å². The predicted molar refractivity (Wildman–Crippen MR) is 85.5 cm³/mol. The second kappa shape index (κ2) is 6.01. The van der Waals surface area contributed by atoms with Gasteiger partial charge in [0.05, 0.1) is 20.4 Å². The van der Waals surface area contributed by atoms with E-state index >= 15 is 0 Å². The largest absolute Gasteiger partial charge is 0.378 e. The van der Waals surface area contributed by atoms with Crippen molar-refractivity contribution in [3.63, 3.8) is 0 Å². The van der Waals surface area contributed by atoms with Gasteiger partial charge in [0.15, 0.2) is 0 Å². The zero-order chi connectivity index (χ0) is 14.8. The van der Waals surface area contributed by atoms with Gasteiger partial charge in [-0.3, -0.25) is 0 Å². The van der Waals surface area contributed by atoms with Crippen LogP contribution in [0, 0.1) is 0 Å². The molecule has 0 saturated heterocycles. The molecule has 0 radical (unpaired) electrons. The molecule has 0 aliphatic heterocycles. The molecule has 1 aromatic carbocycles. The van der Waals surface area contributed by atoms with E-state index in [0.717, 1.165) is 16.9 Å². The normalized spacial score (nSPS) is 12.3. The van der Waals surface area contributed by atoms with E-state index in [4.69, 9.17) is 23.2 Å². The number of nitrogens with zero attached hydrogens (tertiary/aromatic N) is 4. The monoisotopic (exact) mass is 339 g/mol. The fourth-order valence-corrected chi connectivity index (χ4v) is 3.61. The second-order valence-corrected chi connectivity index (χ2v) is 6.73. The highest BCUT2D eigenvalue weighted by Gasteiger charge is 2.13. The zero-order valence-electron chi connectivity index (χ0n) is 11.0. The van der Waals surface area contributed by atoms with Crippen LogP contribution in [-0.2, 0) is 0 Å². The van der Waals surface area contributed by atoms with Gasteiger partial charge in [-0.1, -0.05) is 23.2 Å². The molecule has 1 atom stereocenters. The minimum atomic E-state index is 0.0696. The van der Waals surface area contributed by atoms with Crippen molar-refractivity contribution >= 4 is 40.2 Å². The highest BCUT2D eigenvalue weighted by molar-refractivity contribution is 7.20. The Labute approximate surface area is 135 Å². The summed E-state index contributed by atoms with van der Waals surface area (Å²) < 4.78 is 3.01. The lowest BCUT2D eigenvalue weighted by Crippen LogP contribution is -2.06. The number of nitrogens with one attached hydrogen (secondary N) is 1. The summed E-state index contributed by atoms with van der Waals surface area (Å²) in [7, 11) is 0. The smallest absolute Gasteiger partial charge is 0.143 e. The molecule has 21 heavy (non-hydrogen) atoms. The Hall–Kier alpha value is -1.63. The molecule has 8 heteroatoms. The number of tetrazole rings is 1. The molecule has 3 rings (SSSR count). The maximum Gasteiger partial charge on any atom is 0.143 e. The molecule has 5 nitrogen and oxygen atoms in total. The molecule has 2 heterocycles. The van der Waals surface area contributed by atoms with Gasteiger partial charge in [0.1, 0.15) is 6.33 Å². The molecular formula is C13H11Cl2N5S. The highest BCUT2D eigenvalue weighted by Crippen LogP contribution is 2.36.